The van der Waals surface area contributed by atoms with Gasteiger partial charge in [-0.25, -0.2) is 4.39 Å². The van der Waals surface area contributed by atoms with Crippen LogP contribution in [0.3, 0.4) is 0 Å². The Morgan fingerprint density at radius 2 is 1.81 bits per heavy atom. The first-order chi connectivity index (χ1) is 9.99. The van der Waals surface area contributed by atoms with Crippen LogP contribution in [0, 0.1) is 5.82 Å². The summed E-state index contributed by atoms with van der Waals surface area (Å²) < 4.78 is 23.5. The zero-order valence-corrected chi connectivity index (χ0v) is 13.0. The number of halogens is 1. The molecule has 21 heavy (non-hydrogen) atoms. The van der Waals surface area contributed by atoms with E-state index in [0.717, 1.165) is 5.56 Å². The highest BCUT2D eigenvalue weighted by atomic mass is 19.1. The van der Waals surface area contributed by atoms with Crippen LogP contribution in [0.4, 0.5) is 4.39 Å². The predicted octanol–water partition coefficient (Wildman–Crippen LogP) is 2.28. The molecule has 120 valence electrons. The van der Waals surface area contributed by atoms with Crippen molar-refractivity contribution in [3.05, 3.63) is 35.6 Å². The van der Waals surface area contributed by atoms with E-state index in [9.17, 15) is 9.50 Å². The Morgan fingerprint density at radius 1 is 1.14 bits per heavy atom. The monoisotopic (exact) mass is 299 g/mol. The fraction of sp³-hybridized carbons (Fsp3) is 0.625. The van der Waals surface area contributed by atoms with Crippen molar-refractivity contribution in [1.82, 2.24) is 5.32 Å². The van der Waals surface area contributed by atoms with Gasteiger partial charge >= 0.3 is 0 Å². The van der Waals surface area contributed by atoms with Gasteiger partial charge in [-0.15, -0.1) is 0 Å². The fourth-order valence-corrected chi connectivity index (χ4v) is 1.80. The second-order valence-corrected chi connectivity index (χ2v) is 5.33. The lowest BCUT2D eigenvalue weighted by atomic mass is 10.1. The van der Waals surface area contributed by atoms with Gasteiger partial charge in [0.1, 0.15) is 5.82 Å². The quantitative estimate of drug-likeness (QED) is 0.651. The summed E-state index contributed by atoms with van der Waals surface area (Å²) in [6, 6.07) is 6.38. The van der Waals surface area contributed by atoms with Crippen molar-refractivity contribution < 1.29 is 19.0 Å². The van der Waals surface area contributed by atoms with E-state index in [1.807, 2.05) is 20.8 Å². The maximum Gasteiger partial charge on any atom is 0.123 e. The second kappa shape index (κ2) is 9.84. The van der Waals surface area contributed by atoms with Gasteiger partial charge in [0.2, 0.25) is 0 Å². The third kappa shape index (κ3) is 8.12. The van der Waals surface area contributed by atoms with Gasteiger partial charge in [-0.3, -0.25) is 0 Å². The molecule has 0 heterocycles. The van der Waals surface area contributed by atoms with Crippen LogP contribution in [0.15, 0.2) is 24.3 Å². The maximum atomic E-state index is 12.8. The third-order valence-corrected chi connectivity index (χ3v) is 3.02. The number of aliphatic hydroxyl groups excluding tert-OH is 1. The highest BCUT2D eigenvalue weighted by Gasteiger charge is 2.09. The molecule has 0 spiro atoms. The van der Waals surface area contributed by atoms with Gasteiger partial charge in [-0.1, -0.05) is 12.1 Å². The summed E-state index contributed by atoms with van der Waals surface area (Å²) in [7, 11) is 0. The van der Waals surface area contributed by atoms with E-state index in [2.05, 4.69) is 5.32 Å². The van der Waals surface area contributed by atoms with Crippen molar-refractivity contribution in [2.24, 2.45) is 0 Å². The van der Waals surface area contributed by atoms with E-state index in [4.69, 9.17) is 9.47 Å². The summed E-state index contributed by atoms with van der Waals surface area (Å²) in [6.45, 7) is 7.60. The molecule has 0 radical (unpaired) electrons. The van der Waals surface area contributed by atoms with E-state index in [-0.39, 0.29) is 24.6 Å². The summed E-state index contributed by atoms with van der Waals surface area (Å²) in [6.07, 6.45) is -0.385. The summed E-state index contributed by atoms with van der Waals surface area (Å²) in [4.78, 5) is 0. The van der Waals surface area contributed by atoms with Gasteiger partial charge in [-0.05, 0) is 38.5 Å². The molecule has 0 saturated carbocycles. The molecule has 2 N–H and O–H groups in total. The molecule has 2 atom stereocenters. The van der Waals surface area contributed by atoms with Crippen molar-refractivity contribution in [3.63, 3.8) is 0 Å². The minimum atomic E-state index is -0.577. The van der Waals surface area contributed by atoms with E-state index in [1.54, 1.807) is 12.1 Å². The fourth-order valence-electron chi connectivity index (χ4n) is 1.80. The van der Waals surface area contributed by atoms with Crippen LogP contribution in [0.25, 0.3) is 0 Å². The molecule has 0 amide bonds. The van der Waals surface area contributed by atoms with Gasteiger partial charge in [0.05, 0.1) is 32.0 Å². The first kappa shape index (κ1) is 18.0. The lowest BCUT2D eigenvalue weighted by molar-refractivity contribution is -0.0104. The molecule has 0 fully saturated rings. The van der Waals surface area contributed by atoms with E-state index < -0.39 is 6.10 Å². The van der Waals surface area contributed by atoms with Gasteiger partial charge < -0.3 is 19.9 Å². The smallest absolute Gasteiger partial charge is 0.123 e. The second-order valence-electron chi connectivity index (χ2n) is 5.33. The number of hydrogen-bond acceptors (Lipinski definition) is 4. The molecule has 1 aromatic carbocycles. The average molecular weight is 299 g/mol. The molecule has 0 aromatic heterocycles. The largest absolute Gasteiger partial charge is 0.389 e. The van der Waals surface area contributed by atoms with Crippen molar-refractivity contribution in [2.75, 3.05) is 26.4 Å². The van der Waals surface area contributed by atoms with Gasteiger partial charge in [0, 0.05) is 12.6 Å². The highest BCUT2D eigenvalue weighted by molar-refractivity contribution is 5.19. The molecule has 0 aliphatic rings. The first-order valence-electron chi connectivity index (χ1n) is 7.35. The Hall–Kier alpha value is -1.01. The normalized spacial score (nSPS) is 14.4. The third-order valence-electron chi connectivity index (χ3n) is 3.02. The highest BCUT2D eigenvalue weighted by Crippen LogP contribution is 2.12. The standard InChI is InChI=1S/C16H26FNO3/c1-12(2)21-9-8-20-11-16(19)10-18-13(3)14-4-6-15(17)7-5-14/h4-7,12-13,16,18-19H,8-11H2,1-3H3. The number of rotatable bonds is 10. The van der Waals surface area contributed by atoms with Gasteiger partial charge in [-0.2, -0.15) is 0 Å². The molecule has 1 aromatic rings. The van der Waals surface area contributed by atoms with Crippen LogP contribution >= 0.6 is 0 Å². The van der Waals surface area contributed by atoms with E-state index in [1.165, 1.54) is 12.1 Å². The maximum absolute atomic E-state index is 12.8. The number of aliphatic hydroxyl groups is 1. The molecule has 0 aliphatic carbocycles. The zero-order valence-electron chi connectivity index (χ0n) is 13.0. The molecule has 1 rings (SSSR count). The molecule has 0 aliphatic heterocycles. The Labute approximate surface area is 126 Å². The molecule has 0 saturated heterocycles. The van der Waals surface area contributed by atoms with Gasteiger partial charge in [0.25, 0.3) is 0 Å². The van der Waals surface area contributed by atoms with Crippen LogP contribution in [0.2, 0.25) is 0 Å². The minimum Gasteiger partial charge on any atom is -0.389 e. The van der Waals surface area contributed by atoms with Crippen LogP contribution in [0.1, 0.15) is 32.4 Å². The van der Waals surface area contributed by atoms with Crippen molar-refractivity contribution in [2.45, 2.75) is 39.0 Å². The van der Waals surface area contributed by atoms with E-state index in [0.29, 0.717) is 19.8 Å². The zero-order chi connectivity index (χ0) is 15.7. The topological polar surface area (TPSA) is 50.7 Å². The number of nitrogens with one attached hydrogen (secondary N) is 1. The Kier molecular flexibility index (Phi) is 8.45. The Morgan fingerprint density at radius 3 is 2.43 bits per heavy atom. The number of ether oxygens (including phenoxy) is 2. The van der Waals surface area contributed by atoms with Crippen molar-refractivity contribution in [3.8, 4) is 0 Å². The minimum absolute atomic E-state index is 0.0459. The Bertz CT molecular complexity index is 384. The lowest BCUT2D eigenvalue weighted by Crippen LogP contribution is -2.32. The van der Waals surface area contributed by atoms with Crippen LogP contribution in [-0.4, -0.2) is 43.7 Å². The summed E-state index contributed by atoms with van der Waals surface area (Å²) >= 11 is 0. The molecule has 0 bridgehead atoms. The van der Waals surface area contributed by atoms with E-state index >= 15 is 0 Å². The Balaban J connectivity index is 2.14. The molecule has 5 heteroatoms. The van der Waals surface area contributed by atoms with Gasteiger partial charge in [0.15, 0.2) is 0 Å². The van der Waals surface area contributed by atoms with Crippen LogP contribution in [-0.2, 0) is 9.47 Å². The van der Waals surface area contributed by atoms with Crippen molar-refractivity contribution in [1.29, 1.82) is 0 Å². The summed E-state index contributed by atoms with van der Waals surface area (Å²) in [5.41, 5.74) is 0.981. The SMILES string of the molecule is CC(C)OCCOCC(O)CNC(C)c1ccc(F)cc1. The molecule has 2 unspecified atom stereocenters. The molecular weight excluding hydrogens is 273 g/mol. The predicted molar refractivity (Wildman–Crippen MR) is 80.7 cm³/mol. The van der Waals surface area contributed by atoms with Crippen LogP contribution < -0.4 is 5.32 Å². The van der Waals surface area contributed by atoms with Crippen LogP contribution in [0.5, 0.6) is 0 Å². The number of benzene rings is 1. The molecular formula is C16H26FNO3. The average Bonchev–Trinajstić information content (AvgIpc) is 2.44. The summed E-state index contributed by atoms with van der Waals surface area (Å²) in [5, 5.41) is 13.0. The first-order valence-corrected chi connectivity index (χ1v) is 7.35. The lowest BCUT2D eigenvalue weighted by Gasteiger charge is -2.18. The molecule has 4 nitrogen and oxygen atoms in total. The van der Waals surface area contributed by atoms with Crippen molar-refractivity contribution >= 4 is 0 Å². The number of hydrogen-bond donors (Lipinski definition) is 2. The summed E-state index contributed by atoms with van der Waals surface area (Å²) in [5.74, 6) is -0.247.